The number of ether oxygens (including phenoxy) is 2. The zero-order valence-electron chi connectivity index (χ0n) is 13.2. The molecule has 1 aliphatic rings. The van der Waals surface area contributed by atoms with Crippen molar-refractivity contribution in [3.8, 4) is 0 Å². The van der Waals surface area contributed by atoms with E-state index < -0.39 is 11.7 Å². The van der Waals surface area contributed by atoms with Crippen molar-refractivity contribution in [3.63, 3.8) is 0 Å². The molecule has 1 rings (SSSR count). The molecule has 5 nitrogen and oxygen atoms in total. The van der Waals surface area contributed by atoms with Gasteiger partial charge in [0.15, 0.2) is 0 Å². The molecule has 0 radical (unpaired) electrons. The topological polar surface area (TPSA) is 64.6 Å². The largest absolute Gasteiger partial charge is 0.444 e. The molecule has 0 aliphatic heterocycles. The Balaban J connectivity index is 2.50. The smallest absolute Gasteiger partial charge is 0.407 e. The van der Waals surface area contributed by atoms with E-state index in [0.29, 0.717) is 19.4 Å². The molecule has 0 aromatic heterocycles. The molecule has 1 saturated carbocycles. The van der Waals surface area contributed by atoms with Crippen molar-refractivity contribution in [3.05, 3.63) is 0 Å². The number of nitrogens with one attached hydrogen (secondary N) is 1. The summed E-state index contributed by atoms with van der Waals surface area (Å²) in [5.74, 6) is 0.217. The van der Waals surface area contributed by atoms with Crippen LogP contribution >= 0.6 is 0 Å². The van der Waals surface area contributed by atoms with Gasteiger partial charge in [0.2, 0.25) is 0 Å². The van der Waals surface area contributed by atoms with Gasteiger partial charge in [-0.25, -0.2) is 4.79 Å². The highest BCUT2D eigenvalue weighted by Crippen LogP contribution is 2.46. The lowest BCUT2D eigenvalue weighted by Gasteiger charge is -2.24. The number of ketones is 1. The second-order valence-electron chi connectivity index (χ2n) is 6.81. The Morgan fingerprint density at radius 3 is 2.35 bits per heavy atom. The summed E-state index contributed by atoms with van der Waals surface area (Å²) < 4.78 is 10.3. The Labute approximate surface area is 121 Å². The first kappa shape index (κ1) is 17.0. The Hall–Kier alpha value is -1.10. The second-order valence-corrected chi connectivity index (χ2v) is 6.81. The number of alkyl carbamates (subject to hydrolysis) is 1. The van der Waals surface area contributed by atoms with Crippen molar-refractivity contribution >= 4 is 11.9 Å². The molecule has 0 saturated heterocycles. The molecular formula is C15H27NO4. The number of carbonyl (C=O) groups is 2. The maximum Gasteiger partial charge on any atom is 0.407 e. The van der Waals surface area contributed by atoms with Crippen LogP contribution in [0.5, 0.6) is 0 Å². The van der Waals surface area contributed by atoms with E-state index >= 15 is 0 Å². The molecule has 1 atom stereocenters. The van der Waals surface area contributed by atoms with Crippen molar-refractivity contribution in [2.75, 3.05) is 13.7 Å². The van der Waals surface area contributed by atoms with Crippen molar-refractivity contribution in [1.29, 1.82) is 0 Å². The van der Waals surface area contributed by atoms with Gasteiger partial charge in [0.1, 0.15) is 11.4 Å². The van der Waals surface area contributed by atoms with Gasteiger partial charge < -0.3 is 14.8 Å². The molecule has 0 bridgehead atoms. The standard InChI is InChI=1S/C15H27NO4/c1-14(2,3)20-13(18)16-11(6-9-19-5)10-12(17)15(4)7-8-15/h11H,6-10H2,1-5H3,(H,16,18). The van der Waals surface area contributed by atoms with Crippen LogP contribution in [0.25, 0.3) is 0 Å². The summed E-state index contributed by atoms with van der Waals surface area (Å²) in [6, 6.07) is -0.227. The van der Waals surface area contributed by atoms with Gasteiger partial charge in [-0.15, -0.1) is 0 Å². The Morgan fingerprint density at radius 2 is 1.90 bits per heavy atom. The summed E-state index contributed by atoms with van der Waals surface area (Å²) in [5.41, 5.74) is -0.705. The van der Waals surface area contributed by atoms with Gasteiger partial charge in [0, 0.05) is 31.6 Å². The SMILES string of the molecule is COCCC(CC(=O)C1(C)CC1)NC(=O)OC(C)(C)C. The summed E-state index contributed by atoms with van der Waals surface area (Å²) in [5, 5.41) is 2.78. The average Bonchev–Trinajstić information content (AvgIpc) is 3.03. The minimum absolute atomic E-state index is 0.166. The highest BCUT2D eigenvalue weighted by molar-refractivity contribution is 5.87. The van der Waals surface area contributed by atoms with Crippen molar-refractivity contribution in [2.45, 2.75) is 65.0 Å². The van der Waals surface area contributed by atoms with E-state index in [2.05, 4.69) is 5.32 Å². The van der Waals surface area contributed by atoms with Gasteiger partial charge in [-0.3, -0.25) is 4.79 Å². The number of carbonyl (C=O) groups excluding carboxylic acids is 2. The van der Waals surface area contributed by atoms with Crippen LogP contribution in [0.15, 0.2) is 0 Å². The number of rotatable bonds is 7. The van der Waals surface area contributed by atoms with Crippen molar-refractivity contribution in [2.24, 2.45) is 5.41 Å². The van der Waals surface area contributed by atoms with Crippen LogP contribution < -0.4 is 5.32 Å². The molecule has 1 fully saturated rings. The highest BCUT2D eigenvalue weighted by atomic mass is 16.6. The van der Waals surface area contributed by atoms with Crippen LogP contribution in [0.1, 0.15) is 53.4 Å². The summed E-state index contributed by atoms with van der Waals surface area (Å²) >= 11 is 0. The van der Waals surface area contributed by atoms with Crippen LogP contribution in [-0.2, 0) is 14.3 Å². The molecule has 1 N–H and O–H groups in total. The lowest BCUT2D eigenvalue weighted by atomic mass is 9.96. The first-order chi connectivity index (χ1) is 9.16. The third-order valence-electron chi connectivity index (χ3n) is 3.50. The molecular weight excluding hydrogens is 258 g/mol. The summed E-state index contributed by atoms with van der Waals surface area (Å²) in [4.78, 5) is 23.9. The van der Waals surface area contributed by atoms with Gasteiger partial charge >= 0.3 is 6.09 Å². The fraction of sp³-hybridized carbons (Fsp3) is 0.867. The minimum Gasteiger partial charge on any atom is -0.444 e. The Morgan fingerprint density at radius 1 is 1.30 bits per heavy atom. The molecule has 0 spiro atoms. The number of methoxy groups -OCH3 is 1. The molecule has 1 aliphatic carbocycles. The number of hydrogen-bond donors (Lipinski definition) is 1. The summed E-state index contributed by atoms with van der Waals surface area (Å²) in [7, 11) is 1.61. The van der Waals surface area contributed by atoms with Gasteiger partial charge in [0.25, 0.3) is 0 Å². The van der Waals surface area contributed by atoms with Crippen LogP contribution in [0.3, 0.4) is 0 Å². The van der Waals surface area contributed by atoms with Crippen molar-refractivity contribution in [1.82, 2.24) is 5.32 Å². The maximum atomic E-state index is 12.1. The number of hydrogen-bond acceptors (Lipinski definition) is 4. The molecule has 1 amide bonds. The highest BCUT2D eigenvalue weighted by Gasteiger charge is 2.44. The zero-order chi connectivity index (χ0) is 15.4. The van der Waals surface area contributed by atoms with Crippen molar-refractivity contribution < 1.29 is 19.1 Å². The van der Waals surface area contributed by atoms with Crippen LogP contribution in [0, 0.1) is 5.41 Å². The third-order valence-corrected chi connectivity index (χ3v) is 3.50. The third kappa shape index (κ3) is 5.90. The average molecular weight is 285 g/mol. The summed E-state index contributed by atoms with van der Waals surface area (Å²) in [6.07, 6.45) is 2.38. The predicted octanol–water partition coefficient (Wildman–Crippen LogP) is 2.68. The first-order valence-corrected chi connectivity index (χ1v) is 7.18. The second kappa shape index (κ2) is 6.57. The minimum atomic E-state index is -0.539. The molecule has 20 heavy (non-hydrogen) atoms. The van der Waals surface area contributed by atoms with E-state index in [1.165, 1.54) is 0 Å². The zero-order valence-corrected chi connectivity index (χ0v) is 13.2. The Kier molecular flexibility index (Phi) is 5.57. The van der Waals surface area contributed by atoms with Gasteiger partial charge in [0.05, 0.1) is 0 Å². The predicted molar refractivity (Wildman–Crippen MR) is 76.6 cm³/mol. The maximum absolute atomic E-state index is 12.1. The lowest BCUT2D eigenvalue weighted by molar-refractivity contribution is -0.124. The molecule has 0 aromatic carbocycles. The molecule has 1 unspecified atom stereocenters. The lowest BCUT2D eigenvalue weighted by Crippen LogP contribution is -2.41. The van der Waals surface area contributed by atoms with E-state index in [1.54, 1.807) is 7.11 Å². The normalized spacial score (nSPS) is 18.2. The Bertz CT molecular complexity index is 355. The van der Waals surface area contributed by atoms with E-state index in [-0.39, 0.29) is 17.2 Å². The van der Waals surface area contributed by atoms with E-state index in [0.717, 1.165) is 12.8 Å². The van der Waals surface area contributed by atoms with Crippen LogP contribution in [0.2, 0.25) is 0 Å². The quantitative estimate of drug-likeness (QED) is 0.781. The summed E-state index contributed by atoms with van der Waals surface area (Å²) in [6.45, 7) is 7.92. The monoisotopic (exact) mass is 285 g/mol. The fourth-order valence-electron chi connectivity index (χ4n) is 1.90. The van der Waals surface area contributed by atoms with Crippen LogP contribution in [0.4, 0.5) is 4.79 Å². The van der Waals surface area contributed by atoms with Gasteiger partial charge in [-0.05, 0) is 40.0 Å². The molecule has 5 heteroatoms. The molecule has 116 valence electrons. The fourth-order valence-corrected chi connectivity index (χ4v) is 1.90. The van der Waals surface area contributed by atoms with E-state index in [9.17, 15) is 9.59 Å². The number of Topliss-reactive ketones (excluding diaryl/α,β-unsaturated/α-hetero) is 1. The van der Waals surface area contributed by atoms with Crippen LogP contribution in [-0.4, -0.2) is 37.2 Å². The van der Waals surface area contributed by atoms with E-state index in [1.807, 2.05) is 27.7 Å². The molecule has 0 heterocycles. The number of amides is 1. The molecule has 0 aromatic rings. The first-order valence-electron chi connectivity index (χ1n) is 7.18. The van der Waals surface area contributed by atoms with E-state index in [4.69, 9.17) is 9.47 Å². The van der Waals surface area contributed by atoms with Gasteiger partial charge in [-0.2, -0.15) is 0 Å². The van der Waals surface area contributed by atoms with Gasteiger partial charge in [-0.1, -0.05) is 6.92 Å².